The molecule has 6 rings (SSSR count). The smallest absolute Gasteiger partial charge is 0.387 e. The van der Waals surface area contributed by atoms with Gasteiger partial charge in [0.15, 0.2) is 35.4 Å². The van der Waals surface area contributed by atoms with Gasteiger partial charge in [0, 0.05) is 0 Å². The lowest BCUT2D eigenvalue weighted by atomic mass is 10.1. The molecule has 2 aliphatic heterocycles. The summed E-state index contributed by atoms with van der Waals surface area (Å²) in [5, 5.41) is 41.8. The highest BCUT2D eigenvalue weighted by Gasteiger charge is 2.49. The normalized spacial score (nSPS) is 31.2. The summed E-state index contributed by atoms with van der Waals surface area (Å²) in [6, 6.07) is 0. The number of nitrogens with zero attached hydrogens (tertiary/aromatic N) is 8. The van der Waals surface area contributed by atoms with E-state index in [-0.39, 0.29) is 34.0 Å². The second-order valence-electron chi connectivity index (χ2n) is 10.4. The zero-order valence-corrected chi connectivity index (χ0v) is 26.9. The molecule has 3 unspecified atom stereocenters. The fraction of sp³-hybridized carbons (Fsp3) is 0.500. The lowest BCUT2D eigenvalue weighted by Gasteiger charge is -2.21. The maximum absolute atomic E-state index is 12.4. The Morgan fingerprint density at radius 3 is 1.41 bits per heavy atom. The molecule has 6 heterocycles. The van der Waals surface area contributed by atoms with Crippen LogP contribution in [-0.2, 0) is 40.8 Å². The summed E-state index contributed by atoms with van der Waals surface area (Å²) in [7, 11) is -17.2. The van der Waals surface area contributed by atoms with Crippen molar-refractivity contribution in [2.24, 2.45) is 0 Å². The Bertz CT molecular complexity index is 1860. The minimum absolute atomic E-state index is 0.0158. The molecule has 0 radical (unpaired) electrons. The van der Waals surface area contributed by atoms with Crippen molar-refractivity contribution in [3.05, 3.63) is 25.3 Å². The van der Waals surface area contributed by atoms with Gasteiger partial charge in [0.1, 0.15) is 60.3 Å². The third-order valence-corrected chi connectivity index (χ3v) is 11.5. The first-order valence-electron chi connectivity index (χ1n) is 13.6. The standard InChI is InChI=1S/C20H27N10O16P3/c21-15-9-17(25-3-23-15)29(5-27-9)19-13(33)11(31)7(43-19)1-41-47(35,36)45-49(39,40)46-48(37,38)42-2-8-12(32)14(34)20(44-8)30-6-28-10-16(22)24-4-26-18(10)30/h3-8,11-14,19-20,31-34H,1-2H2,(H,35,36)(H,37,38)(H,39,40)(H2,21,23,25)(H2,22,24,26)/t7-,8+,11-,12+,13-,14+,19-,20+. The van der Waals surface area contributed by atoms with E-state index in [2.05, 4.69) is 47.6 Å². The molecule has 0 spiro atoms. The molecule has 29 heteroatoms. The Morgan fingerprint density at radius 2 is 1.02 bits per heavy atom. The van der Waals surface area contributed by atoms with Gasteiger partial charge in [0.25, 0.3) is 0 Å². The van der Waals surface area contributed by atoms with Gasteiger partial charge in [-0.1, -0.05) is 0 Å². The number of nitrogens with two attached hydrogens (primary N) is 2. The number of hydrogen-bond donors (Lipinski definition) is 9. The molecule has 0 amide bonds. The number of phosphoric ester groups is 2. The molecule has 0 aliphatic carbocycles. The van der Waals surface area contributed by atoms with Gasteiger partial charge in [-0.3, -0.25) is 18.2 Å². The monoisotopic (exact) mass is 756 g/mol. The third-order valence-electron chi connectivity index (χ3n) is 7.21. The van der Waals surface area contributed by atoms with Gasteiger partial charge >= 0.3 is 23.5 Å². The van der Waals surface area contributed by atoms with E-state index in [0.717, 1.165) is 12.7 Å². The van der Waals surface area contributed by atoms with E-state index >= 15 is 0 Å². The maximum atomic E-state index is 12.4. The maximum Gasteiger partial charge on any atom is 0.490 e. The van der Waals surface area contributed by atoms with Gasteiger partial charge < -0.3 is 56.0 Å². The Kier molecular flexibility index (Phi) is 9.62. The van der Waals surface area contributed by atoms with Crippen molar-refractivity contribution < 1.29 is 75.9 Å². The molecule has 11 atom stereocenters. The number of fused-ring (bicyclic) bond motifs is 2. The van der Waals surface area contributed by atoms with Crippen molar-refractivity contribution in [1.82, 2.24) is 39.0 Å². The summed E-state index contributed by atoms with van der Waals surface area (Å²) in [5.74, 6) is 0.0316. The van der Waals surface area contributed by atoms with E-state index in [4.69, 9.17) is 20.9 Å². The summed E-state index contributed by atoms with van der Waals surface area (Å²) in [4.78, 5) is 53.5. The highest BCUT2D eigenvalue weighted by atomic mass is 31.3. The number of ether oxygens (including phenoxy) is 2. The second-order valence-corrected chi connectivity index (χ2v) is 15.1. The van der Waals surface area contributed by atoms with Crippen molar-refractivity contribution >= 4 is 57.4 Å². The summed E-state index contributed by atoms with van der Waals surface area (Å²) >= 11 is 0. The molecule has 2 saturated heterocycles. The average Bonchev–Trinajstić information content (AvgIpc) is 3.77. The summed E-state index contributed by atoms with van der Waals surface area (Å²) in [5.41, 5.74) is 12.0. The van der Waals surface area contributed by atoms with Gasteiger partial charge in [-0.15, -0.1) is 0 Å². The largest absolute Gasteiger partial charge is 0.490 e. The molecule has 0 aromatic carbocycles. The summed E-state index contributed by atoms with van der Waals surface area (Å²) < 4.78 is 67.9. The van der Waals surface area contributed by atoms with Crippen molar-refractivity contribution in [2.75, 3.05) is 24.7 Å². The zero-order valence-electron chi connectivity index (χ0n) is 24.2. The van der Waals surface area contributed by atoms with Crippen LogP contribution in [0, 0.1) is 0 Å². The number of anilines is 2. The number of nitrogen functional groups attached to an aromatic ring is 2. The molecule has 4 aromatic heterocycles. The Labute approximate surface area is 271 Å². The number of rotatable bonds is 12. The average molecular weight is 756 g/mol. The number of imidazole rings is 2. The van der Waals surface area contributed by atoms with Crippen LogP contribution in [0.1, 0.15) is 12.5 Å². The first kappa shape index (κ1) is 35.7. The minimum atomic E-state index is -5.94. The molecular formula is C20H27N10O16P3. The van der Waals surface area contributed by atoms with Crippen LogP contribution in [-0.4, -0.2) is 124 Å². The fourth-order valence-corrected chi connectivity index (χ4v) is 8.49. The third kappa shape index (κ3) is 7.22. The molecule has 4 aromatic rings. The van der Waals surface area contributed by atoms with Crippen LogP contribution in [0.2, 0.25) is 0 Å². The van der Waals surface area contributed by atoms with E-state index in [1.807, 2.05) is 0 Å². The Morgan fingerprint density at radius 1 is 0.633 bits per heavy atom. The topological polar surface area (TPSA) is 387 Å². The second kappa shape index (κ2) is 13.2. The molecule has 11 N–H and O–H groups in total. The highest BCUT2D eigenvalue weighted by Crippen LogP contribution is 2.67. The SMILES string of the molecule is Nc1ncnc2c1ncn2[C@@H]1O[C@H](COP(=O)(O)OP(=O)(O)OP(=O)(O)OC[C@@H]2O[C@H](n3cnc4c(N)ncnc43)[C@@H](O)[C@H]2O)[C@@H](O)[C@H]1O. The molecule has 26 nitrogen and oxygen atoms in total. The number of aliphatic hydroxyl groups is 4. The summed E-state index contributed by atoms with van der Waals surface area (Å²) in [6.45, 7) is -2.05. The Balaban J connectivity index is 1.03. The number of phosphoric acid groups is 3. The lowest BCUT2D eigenvalue weighted by Crippen LogP contribution is -2.33. The number of aromatic nitrogens is 8. The molecule has 268 valence electrons. The first-order valence-corrected chi connectivity index (χ1v) is 18.0. The van der Waals surface area contributed by atoms with Gasteiger partial charge in [0.05, 0.1) is 25.9 Å². The molecule has 0 bridgehead atoms. The number of aliphatic hydroxyl groups excluding tert-OH is 4. The van der Waals surface area contributed by atoms with Crippen LogP contribution in [0.25, 0.3) is 22.3 Å². The first-order chi connectivity index (χ1) is 23.0. The molecule has 49 heavy (non-hydrogen) atoms. The van der Waals surface area contributed by atoms with Gasteiger partial charge in [-0.05, 0) is 0 Å². The zero-order chi connectivity index (χ0) is 35.5. The quantitative estimate of drug-likeness (QED) is 0.0671. The predicted octanol–water partition coefficient (Wildman–Crippen LogP) is -2.56. The fourth-order valence-electron chi connectivity index (χ4n) is 4.96. The van der Waals surface area contributed by atoms with E-state index in [0.29, 0.717) is 0 Å². The van der Waals surface area contributed by atoms with Crippen LogP contribution < -0.4 is 11.5 Å². The lowest BCUT2D eigenvalue weighted by molar-refractivity contribution is -0.0510. The van der Waals surface area contributed by atoms with Crippen LogP contribution in [0.4, 0.5) is 11.6 Å². The van der Waals surface area contributed by atoms with Crippen molar-refractivity contribution in [3.63, 3.8) is 0 Å². The van der Waals surface area contributed by atoms with E-state index < -0.39 is 85.8 Å². The van der Waals surface area contributed by atoms with E-state index in [1.54, 1.807) is 0 Å². The number of hydrogen-bond acceptors (Lipinski definition) is 21. The molecule has 2 aliphatic rings. The summed E-state index contributed by atoms with van der Waals surface area (Å²) in [6.07, 6.45) is -7.97. The van der Waals surface area contributed by atoms with Crippen LogP contribution in [0.3, 0.4) is 0 Å². The van der Waals surface area contributed by atoms with Crippen molar-refractivity contribution in [3.8, 4) is 0 Å². The highest BCUT2D eigenvalue weighted by molar-refractivity contribution is 7.66. The molecular weight excluding hydrogens is 729 g/mol. The van der Waals surface area contributed by atoms with Gasteiger partial charge in [-0.2, -0.15) is 8.62 Å². The Hall–Kier alpha value is -3.13. The minimum Gasteiger partial charge on any atom is -0.387 e. The molecule has 2 fully saturated rings. The van der Waals surface area contributed by atoms with Crippen molar-refractivity contribution in [2.45, 2.75) is 49.1 Å². The van der Waals surface area contributed by atoms with E-state index in [9.17, 15) is 48.8 Å². The van der Waals surface area contributed by atoms with Crippen molar-refractivity contribution in [1.29, 1.82) is 0 Å². The van der Waals surface area contributed by atoms with Crippen LogP contribution >= 0.6 is 23.5 Å². The van der Waals surface area contributed by atoms with Gasteiger partial charge in [-0.25, -0.2) is 43.6 Å². The van der Waals surface area contributed by atoms with E-state index in [1.165, 1.54) is 21.8 Å². The van der Waals surface area contributed by atoms with Crippen LogP contribution in [0.15, 0.2) is 25.3 Å². The van der Waals surface area contributed by atoms with Gasteiger partial charge in [0.2, 0.25) is 0 Å². The van der Waals surface area contributed by atoms with Crippen LogP contribution in [0.5, 0.6) is 0 Å². The molecule has 0 saturated carbocycles. The predicted molar refractivity (Wildman–Crippen MR) is 155 cm³/mol.